The molecule has 1 fully saturated rings. The van der Waals surface area contributed by atoms with Crippen molar-refractivity contribution in [3.63, 3.8) is 0 Å². The predicted octanol–water partition coefficient (Wildman–Crippen LogP) is 1.52. The summed E-state index contributed by atoms with van der Waals surface area (Å²) in [5.74, 6) is 2.22. The summed E-state index contributed by atoms with van der Waals surface area (Å²) in [6.07, 6.45) is 0. The van der Waals surface area contributed by atoms with Crippen molar-refractivity contribution >= 4 is 22.1 Å². The second kappa shape index (κ2) is 7.75. The van der Waals surface area contributed by atoms with Crippen molar-refractivity contribution in [2.75, 3.05) is 19.6 Å². The van der Waals surface area contributed by atoms with Gasteiger partial charge in [0.2, 0.25) is 0 Å². The molecule has 3 nitrogen and oxygen atoms in total. The highest BCUT2D eigenvalue weighted by molar-refractivity contribution is 6.73. The lowest BCUT2D eigenvalue weighted by Crippen LogP contribution is -2.68. The van der Waals surface area contributed by atoms with Gasteiger partial charge >= 0.3 is 0 Å². The smallest absolute Gasteiger partial charge is 0.286 e. The van der Waals surface area contributed by atoms with Crippen LogP contribution in [0.1, 0.15) is 41.5 Å². The summed E-state index contributed by atoms with van der Waals surface area (Å²) in [5.41, 5.74) is 0. The van der Waals surface area contributed by atoms with E-state index in [4.69, 9.17) is 0 Å². The summed E-state index contributed by atoms with van der Waals surface area (Å²) < 4.78 is 7.88. The van der Waals surface area contributed by atoms with Gasteiger partial charge < -0.3 is 14.2 Å². The second-order valence-electron chi connectivity index (χ2n) is 7.49. The Morgan fingerprint density at radius 1 is 0.737 bits per heavy atom. The topological polar surface area (TPSA) is 9.72 Å². The first kappa shape index (κ1) is 17.1. The molecule has 0 N–H and O–H groups in total. The van der Waals surface area contributed by atoms with Gasteiger partial charge in [-0.1, -0.05) is 48.4 Å². The van der Waals surface area contributed by atoms with Gasteiger partial charge in [-0.2, -0.15) is 0 Å². The van der Waals surface area contributed by atoms with Crippen LogP contribution in [0.15, 0.2) is 0 Å². The summed E-state index contributed by atoms with van der Waals surface area (Å²) in [5, 5.41) is 0. The minimum atomic E-state index is 0.577. The molecule has 0 unspecified atom stereocenters. The van der Waals surface area contributed by atoms with Crippen LogP contribution in [0.2, 0.25) is 6.82 Å². The standard InChI is InChI=1S/C13H32B3N3/c1-11(2)8-17-14-18(9-12(3)4)16(7)19(15-17)10-13(5)6/h11-15H,8-10H2,1-7H3. The first-order valence-corrected chi connectivity index (χ1v) is 8.00. The molecule has 6 heteroatoms. The summed E-state index contributed by atoms with van der Waals surface area (Å²) in [4.78, 5) is 0. The molecule has 1 aliphatic rings. The maximum Gasteiger partial charge on any atom is 0.286 e. The Bertz CT molecular complexity index is 242. The summed E-state index contributed by atoms with van der Waals surface area (Å²) in [7, 11) is 2.26. The molecule has 1 rings (SSSR count). The third kappa shape index (κ3) is 5.93. The maximum absolute atomic E-state index is 2.64. The molecule has 1 heterocycles. The van der Waals surface area contributed by atoms with Crippen LogP contribution in [0.3, 0.4) is 0 Å². The summed E-state index contributed by atoms with van der Waals surface area (Å²) in [6.45, 7) is 20.5. The van der Waals surface area contributed by atoms with E-state index >= 15 is 0 Å². The van der Waals surface area contributed by atoms with Crippen molar-refractivity contribution in [2.45, 2.75) is 48.4 Å². The van der Waals surface area contributed by atoms with E-state index in [9.17, 15) is 0 Å². The molecule has 0 bridgehead atoms. The fraction of sp³-hybridized carbons (Fsp3) is 1.00. The van der Waals surface area contributed by atoms with Gasteiger partial charge in [0, 0.05) is 0 Å². The summed E-state index contributed by atoms with van der Waals surface area (Å²) in [6, 6.07) is 0. The molecule has 0 saturated carbocycles. The average molecular weight is 263 g/mol. The van der Waals surface area contributed by atoms with Crippen LogP contribution in [-0.4, -0.2) is 55.9 Å². The molecule has 0 amide bonds. The Morgan fingerprint density at radius 2 is 1.11 bits per heavy atom. The van der Waals surface area contributed by atoms with Gasteiger partial charge in [-0.25, -0.2) is 0 Å². The van der Waals surface area contributed by atoms with Gasteiger partial charge in [-0.15, -0.1) is 0 Å². The zero-order valence-corrected chi connectivity index (χ0v) is 14.2. The number of hydrogen-bond donors (Lipinski definition) is 0. The molecule has 0 aromatic heterocycles. The molecular formula is C13H32B3N3. The molecular weight excluding hydrogens is 231 g/mol. The fourth-order valence-electron chi connectivity index (χ4n) is 3.02. The van der Waals surface area contributed by atoms with E-state index in [1.807, 2.05) is 0 Å². The van der Waals surface area contributed by atoms with E-state index in [1.54, 1.807) is 0 Å². The third-order valence-corrected chi connectivity index (χ3v) is 3.64. The Kier molecular flexibility index (Phi) is 6.99. The summed E-state index contributed by atoms with van der Waals surface area (Å²) >= 11 is 0. The zero-order valence-electron chi connectivity index (χ0n) is 14.2. The lowest BCUT2D eigenvalue weighted by atomic mass is 9.59. The monoisotopic (exact) mass is 263 g/mol. The van der Waals surface area contributed by atoms with Crippen molar-refractivity contribution in [3.05, 3.63) is 0 Å². The molecule has 0 aliphatic carbocycles. The largest absolute Gasteiger partial charge is 0.363 e. The molecule has 0 aromatic carbocycles. The van der Waals surface area contributed by atoms with Gasteiger partial charge in [-0.3, -0.25) is 0 Å². The van der Waals surface area contributed by atoms with Crippen LogP contribution in [-0.2, 0) is 0 Å². The lowest BCUT2D eigenvalue weighted by Gasteiger charge is -2.46. The molecule has 108 valence electrons. The normalized spacial score (nSPS) is 19.4. The van der Waals surface area contributed by atoms with E-state index in [0.717, 1.165) is 32.9 Å². The Morgan fingerprint density at radius 3 is 1.42 bits per heavy atom. The van der Waals surface area contributed by atoms with Gasteiger partial charge in [-0.05, 0) is 37.4 Å². The van der Waals surface area contributed by atoms with E-state index in [-0.39, 0.29) is 0 Å². The van der Waals surface area contributed by atoms with E-state index in [2.05, 4.69) is 62.5 Å². The molecule has 0 atom stereocenters. The van der Waals surface area contributed by atoms with Crippen LogP contribution in [0.4, 0.5) is 0 Å². The van der Waals surface area contributed by atoms with Crippen molar-refractivity contribution < 1.29 is 0 Å². The molecule has 19 heavy (non-hydrogen) atoms. The van der Waals surface area contributed by atoms with E-state index in [1.165, 1.54) is 19.6 Å². The molecule has 0 radical (unpaired) electrons. The quantitative estimate of drug-likeness (QED) is 0.673. The van der Waals surface area contributed by atoms with Crippen molar-refractivity contribution in [2.24, 2.45) is 17.8 Å². The highest BCUT2D eigenvalue weighted by Crippen LogP contribution is 2.14. The Balaban J connectivity index is 2.69. The van der Waals surface area contributed by atoms with Crippen LogP contribution in [0, 0.1) is 17.8 Å². The Labute approximate surface area is 122 Å². The van der Waals surface area contributed by atoms with Crippen molar-refractivity contribution in [1.29, 1.82) is 0 Å². The fourth-order valence-corrected chi connectivity index (χ4v) is 3.02. The minimum Gasteiger partial charge on any atom is -0.363 e. The first-order valence-electron chi connectivity index (χ1n) is 8.00. The van der Waals surface area contributed by atoms with Crippen LogP contribution < -0.4 is 0 Å². The molecule has 0 spiro atoms. The predicted molar refractivity (Wildman–Crippen MR) is 90.5 cm³/mol. The molecule has 0 aromatic rings. The average Bonchev–Trinajstić information content (AvgIpc) is 2.22. The molecule has 1 aliphatic heterocycles. The van der Waals surface area contributed by atoms with Crippen LogP contribution in [0.25, 0.3) is 0 Å². The number of hydrogen-bond acceptors (Lipinski definition) is 3. The number of rotatable bonds is 6. The number of nitrogens with zero attached hydrogens (tertiary/aromatic N) is 3. The van der Waals surface area contributed by atoms with Gasteiger partial charge in [0.25, 0.3) is 22.1 Å². The van der Waals surface area contributed by atoms with Crippen LogP contribution in [0.5, 0.6) is 0 Å². The van der Waals surface area contributed by atoms with Gasteiger partial charge in [0.05, 0.1) is 0 Å². The van der Waals surface area contributed by atoms with Crippen molar-refractivity contribution in [1.82, 2.24) is 14.2 Å². The maximum atomic E-state index is 2.64. The lowest BCUT2D eigenvalue weighted by molar-refractivity contribution is 0.387. The second-order valence-corrected chi connectivity index (χ2v) is 7.49. The third-order valence-electron chi connectivity index (χ3n) is 3.64. The van der Waals surface area contributed by atoms with Gasteiger partial charge in [0.15, 0.2) is 0 Å². The van der Waals surface area contributed by atoms with E-state index in [0.29, 0.717) is 6.98 Å². The van der Waals surface area contributed by atoms with Crippen molar-refractivity contribution in [3.8, 4) is 0 Å². The van der Waals surface area contributed by atoms with Gasteiger partial charge in [0.1, 0.15) is 0 Å². The minimum absolute atomic E-state index is 0.577. The first-order chi connectivity index (χ1) is 8.79. The van der Waals surface area contributed by atoms with E-state index < -0.39 is 0 Å². The highest BCUT2D eigenvalue weighted by Gasteiger charge is 2.35. The van der Waals surface area contributed by atoms with Crippen LogP contribution >= 0.6 is 0 Å². The zero-order chi connectivity index (χ0) is 14.6. The Hall–Kier alpha value is 0.0748. The molecule has 1 saturated heterocycles. The SMILES string of the molecule is CB1N(CC(C)C)BN(CC(C)C)BN1CC(C)C. The highest BCUT2D eigenvalue weighted by atomic mass is 15.3.